The Morgan fingerprint density at radius 1 is 1.00 bits per heavy atom. The van der Waals surface area contributed by atoms with Crippen molar-refractivity contribution in [3.05, 3.63) is 35.9 Å². The zero-order valence-corrected chi connectivity index (χ0v) is 11.6. The molecule has 0 bridgehead atoms. The van der Waals surface area contributed by atoms with E-state index in [2.05, 4.69) is 56.4 Å². The van der Waals surface area contributed by atoms with E-state index >= 15 is 0 Å². The summed E-state index contributed by atoms with van der Waals surface area (Å²) in [4.78, 5) is 0. The maximum atomic E-state index is 3.69. The number of hydrogen-bond acceptors (Lipinski definition) is 1. The van der Waals surface area contributed by atoms with Gasteiger partial charge in [0.1, 0.15) is 0 Å². The predicted molar refractivity (Wildman–Crippen MR) is 76.3 cm³/mol. The Hall–Kier alpha value is -0.820. The number of hydrogen-bond donors (Lipinski definition) is 1. The predicted octanol–water partition coefficient (Wildman–Crippen LogP) is 4.03. The highest BCUT2D eigenvalue weighted by Crippen LogP contribution is 2.18. The Kier molecular flexibility index (Phi) is 6.95. The van der Waals surface area contributed by atoms with Crippen LogP contribution in [0.25, 0.3) is 0 Å². The molecule has 0 fully saturated rings. The molecule has 17 heavy (non-hydrogen) atoms. The molecule has 0 saturated heterocycles. The summed E-state index contributed by atoms with van der Waals surface area (Å²) in [6.07, 6.45) is 4.90. The van der Waals surface area contributed by atoms with Crippen molar-refractivity contribution in [3.8, 4) is 0 Å². The molecule has 1 N–H and O–H groups in total. The first-order valence-corrected chi connectivity index (χ1v) is 7.09. The highest BCUT2D eigenvalue weighted by Gasteiger charge is 2.17. The molecule has 0 aliphatic carbocycles. The lowest BCUT2D eigenvalue weighted by Gasteiger charge is -2.26. The summed E-state index contributed by atoms with van der Waals surface area (Å²) in [5.74, 6) is 0.758. The second kappa shape index (κ2) is 8.30. The smallest absolute Gasteiger partial charge is 0.00957 e. The summed E-state index contributed by atoms with van der Waals surface area (Å²) < 4.78 is 0. The fourth-order valence-corrected chi connectivity index (χ4v) is 2.46. The molecule has 1 nitrogen and oxygen atoms in total. The summed E-state index contributed by atoms with van der Waals surface area (Å²) >= 11 is 0. The molecule has 1 rings (SSSR count). The van der Waals surface area contributed by atoms with Crippen molar-refractivity contribution in [2.24, 2.45) is 5.92 Å². The van der Waals surface area contributed by atoms with Crippen molar-refractivity contribution < 1.29 is 0 Å². The van der Waals surface area contributed by atoms with Gasteiger partial charge in [0.25, 0.3) is 0 Å². The van der Waals surface area contributed by atoms with Gasteiger partial charge >= 0.3 is 0 Å². The minimum atomic E-state index is 0.667. The van der Waals surface area contributed by atoms with Gasteiger partial charge in [0.2, 0.25) is 0 Å². The molecule has 0 heterocycles. The molecule has 0 radical (unpaired) electrons. The van der Waals surface area contributed by atoms with Gasteiger partial charge in [-0.15, -0.1) is 0 Å². The van der Waals surface area contributed by atoms with E-state index in [9.17, 15) is 0 Å². The second-order valence-corrected chi connectivity index (χ2v) is 4.83. The first-order chi connectivity index (χ1) is 8.31. The molecule has 1 aromatic carbocycles. The SMILES string of the molecule is CCCNC(CC)C(CC)Cc1ccccc1. The van der Waals surface area contributed by atoms with Crippen molar-refractivity contribution in [2.75, 3.05) is 6.54 Å². The van der Waals surface area contributed by atoms with E-state index in [1.807, 2.05) is 0 Å². The van der Waals surface area contributed by atoms with Crippen LogP contribution in [0.3, 0.4) is 0 Å². The Morgan fingerprint density at radius 2 is 1.71 bits per heavy atom. The van der Waals surface area contributed by atoms with Gasteiger partial charge in [-0.05, 0) is 37.3 Å². The van der Waals surface area contributed by atoms with Crippen molar-refractivity contribution in [3.63, 3.8) is 0 Å². The molecule has 0 amide bonds. The first-order valence-electron chi connectivity index (χ1n) is 7.09. The van der Waals surface area contributed by atoms with E-state index in [1.165, 1.54) is 31.2 Å². The minimum absolute atomic E-state index is 0.667. The van der Waals surface area contributed by atoms with E-state index in [0.717, 1.165) is 12.5 Å². The Bertz CT molecular complexity index is 281. The lowest BCUT2D eigenvalue weighted by molar-refractivity contribution is 0.332. The van der Waals surface area contributed by atoms with Gasteiger partial charge in [0.15, 0.2) is 0 Å². The van der Waals surface area contributed by atoms with Crippen LogP contribution in [-0.4, -0.2) is 12.6 Å². The van der Waals surface area contributed by atoms with Crippen molar-refractivity contribution in [2.45, 2.75) is 52.5 Å². The standard InChI is InChI=1S/C16H27N/c1-4-12-17-16(6-3)15(5-2)13-14-10-8-7-9-11-14/h7-11,15-17H,4-6,12-13H2,1-3H3. The Labute approximate surface area is 107 Å². The molecule has 96 valence electrons. The van der Waals surface area contributed by atoms with Crippen LogP contribution in [0.1, 0.15) is 45.6 Å². The first kappa shape index (κ1) is 14.2. The number of rotatable bonds is 8. The molecular formula is C16H27N. The van der Waals surface area contributed by atoms with E-state index in [0.29, 0.717) is 6.04 Å². The summed E-state index contributed by atoms with van der Waals surface area (Å²) in [7, 11) is 0. The third-order valence-corrected chi connectivity index (χ3v) is 3.53. The lowest BCUT2D eigenvalue weighted by atomic mass is 9.88. The normalized spacial score (nSPS) is 14.5. The summed E-state index contributed by atoms with van der Waals surface area (Å²) in [6, 6.07) is 11.5. The summed E-state index contributed by atoms with van der Waals surface area (Å²) in [6.45, 7) is 7.98. The molecule has 1 aromatic rings. The van der Waals surface area contributed by atoms with Crippen LogP contribution in [0.4, 0.5) is 0 Å². The van der Waals surface area contributed by atoms with Gasteiger partial charge in [-0.25, -0.2) is 0 Å². The van der Waals surface area contributed by atoms with Gasteiger partial charge in [-0.3, -0.25) is 0 Å². The van der Waals surface area contributed by atoms with Crippen LogP contribution in [0.5, 0.6) is 0 Å². The van der Waals surface area contributed by atoms with Crippen molar-refractivity contribution in [1.29, 1.82) is 0 Å². The zero-order valence-electron chi connectivity index (χ0n) is 11.6. The molecule has 2 atom stereocenters. The van der Waals surface area contributed by atoms with E-state index in [1.54, 1.807) is 0 Å². The average molecular weight is 233 g/mol. The van der Waals surface area contributed by atoms with Crippen molar-refractivity contribution in [1.82, 2.24) is 5.32 Å². The number of benzene rings is 1. The van der Waals surface area contributed by atoms with Crippen LogP contribution in [-0.2, 0) is 6.42 Å². The second-order valence-electron chi connectivity index (χ2n) is 4.83. The molecule has 0 aliphatic heterocycles. The monoisotopic (exact) mass is 233 g/mol. The lowest BCUT2D eigenvalue weighted by Crippen LogP contribution is -2.37. The van der Waals surface area contributed by atoms with Crippen LogP contribution in [0.15, 0.2) is 30.3 Å². The third-order valence-electron chi connectivity index (χ3n) is 3.53. The molecule has 0 aliphatic rings. The highest BCUT2D eigenvalue weighted by atomic mass is 14.9. The largest absolute Gasteiger partial charge is 0.314 e. The van der Waals surface area contributed by atoms with Crippen LogP contribution >= 0.6 is 0 Å². The van der Waals surface area contributed by atoms with Gasteiger partial charge < -0.3 is 5.32 Å². The van der Waals surface area contributed by atoms with E-state index in [4.69, 9.17) is 0 Å². The van der Waals surface area contributed by atoms with Gasteiger partial charge in [0.05, 0.1) is 0 Å². The number of nitrogens with one attached hydrogen (secondary N) is 1. The van der Waals surface area contributed by atoms with E-state index in [-0.39, 0.29) is 0 Å². The maximum Gasteiger partial charge on any atom is 0.00957 e. The zero-order chi connectivity index (χ0) is 12.5. The average Bonchev–Trinajstić information content (AvgIpc) is 2.39. The molecule has 0 aromatic heterocycles. The van der Waals surface area contributed by atoms with Crippen LogP contribution in [0, 0.1) is 5.92 Å². The van der Waals surface area contributed by atoms with Gasteiger partial charge in [-0.1, -0.05) is 57.5 Å². The Balaban J connectivity index is 2.56. The molecular weight excluding hydrogens is 206 g/mol. The van der Waals surface area contributed by atoms with Gasteiger partial charge in [0, 0.05) is 6.04 Å². The maximum absolute atomic E-state index is 3.69. The fourth-order valence-electron chi connectivity index (χ4n) is 2.46. The molecule has 0 spiro atoms. The molecule has 1 heteroatoms. The quantitative estimate of drug-likeness (QED) is 0.714. The molecule has 2 unspecified atom stereocenters. The highest BCUT2D eigenvalue weighted by molar-refractivity contribution is 5.15. The summed E-state index contributed by atoms with van der Waals surface area (Å²) in [5.41, 5.74) is 1.47. The Morgan fingerprint density at radius 3 is 2.24 bits per heavy atom. The topological polar surface area (TPSA) is 12.0 Å². The van der Waals surface area contributed by atoms with Gasteiger partial charge in [-0.2, -0.15) is 0 Å². The fraction of sp³-hybridized carbons (Fsp3) is 0.625. The van der Waals surface area contributed by atoms with Crippen LogP contribution < -0.4 is 5.32 Å². The van der Waals surface area contributed by atoms with Crippen LogP contribution in [0.2, 0.25) is 0 Å². The van der Waals surface area contributed by atoms with Crippen molar-refractivity contribution >= 4 is 0 Å². The third kappa shape index (κ3) is 4.91. The summed E-state index contributed by atoms with van der Waals surface area (Å²) in [5, 5.41) is 3.69. The van der Waals surface area contributed by atoms with E-state index < -0.39 is 0 Å². The minimum Gasteiger partial charge on any atom is -0.314 e. The molecule has 0 saturated carbocycles.